The molecule has 0 bridgehead atoms. The van der Waals surface area contributed by atoms with Gasteiger partial charge in [-0.1, -0.05) is 22.0 Å². The molecule has 0 aromatic heterocycles. The van der Waals surface area contributed by atoms with E-state index in [1.54, 1.807) is 6.07 Å². The summed E-state index contributed by atoms with van der Waals surface area (Å²) < 4.78 is 25.1. The van der Waals surface area contributed by atoms with Crippen molar-refractivity contribution in [1.29, 1.82) is 0 Å². The smallest absolute Gasteiger partial charge is 0.167 e. The molecule has 0 unspecified atom stereocenters. The zero-order valence-electron chi connectivity index (χ0n) is 10.1. The Kier molecular flexibility index (Phi) is 4.63. The normalized spacial score (nSPS) is 10.2. The van der Waals surface area contributed by atoms with Crippen molar-refractivity contribution in [2.75, 3.05) is 18.9 Å². The minimum Gasteiger partial charge on any atom is -0.490 e. The van der Waals surface area contributed by atoms with E-state index < -0.39 is 5.82 Å². The second-order valence-electron chi connectivity index (χ2n) is 3.84. The fourth-order valence-corrected chi connectivity index (χ4v) is 1.88. The third-order valence-corrected chi connectivity index (χ3v) is 2.85. The molecule has 3 nitrogen and oxygen atoms in total. The van der Waals surface area contributed by atoms with Crippen LogP contribution in [0.15, 0.2) is 46.9 Å². The predicted octanol–water partition coefficient (Wildman–Crippen LogP) is 3.63. The van der Waals surface area contributed by atoms with Gasteiger partial charge in [0.05, 0.1) is 0 Å². The first-order chi connectivity index (χ1) is 9.15. The van der Waals surface area contributed by atoms with Gasteiger partial charge in [-0.2, -0.15) is 0 Å². The van der Waals surface area contributed by atoms with Gasteiger partial charge in [0.1, 0.15) is 19.0 Å². The first-order valence-corrected chi connectivity index (χ1v) is 6.50. The summed E-state index contributed by atoms with van der Waals surface area (Å²) in [7, 11) is 0. The van der Waals surface area contributed by atoms with Crippen molar-refractivity contribution in [3.05, 3.63) is 52.8 Å². The van der Waals surface area contributed by atoms with Gasteiger partial charge in [-0.3, -0.25) is 0 Å². The Balaban J connectivity index is 1.81. The van der Waals surface area contributed by atoms with Crippen molar-refractivity contribution in [3.8, 4) is 11.5 Å². The Bertz CT molecular complexity index is 563. The van der Waals surface area contributed by atoms with Crippen LogP contribution in [0.4, 0.5) is 10.1 Å². The van der Waals surface area contributed by atoms with E-state index in [1.165, 1.54) is 12.1 Å². The minimum absolute atomic E-state index is 0.173. The van der Waals surface area contributed by atoms with E-state index in [0.29, 0.717) is 12.3 Å². The largest absolute Gasteiger partial charge is 0.490 e. The molecule has 0 atom stereocenters. The lowest BCUT2D eigenvalue weighted by Gasteiger charge is -2.09. The fraction of sp³-hybridized carbons (Fsp3) is 0.143. The number of benzene rings is 2. The maximum atomic E-state index is 13.4. The lowest BCUT2D eigenvalue weighted by Crippen LogP contribution is -2.09. The number of anilines is 1. The molecular formula is C14H13BrFNO2. The third-order valence-electron chi connectivity index (χ3n) is 2.36. The van der Waals surface area contributed by atoms with Gasteiger partial charge in [0.15, 0.2) is 11.6 Å². The van der Waals surface area contributed by atoms with Gasteiger partial charge >= 0.3 is 0 Å². The molecule has 100 valence electrons. The molecule has 5 heteroatoms. The summed E-state index contributed by atoms with van der Waals surface area (Å²) >= 11 is 3.35. The molecule has 0 radical (unpaired) electrons. The van der Waals surface area contributed by atoms with Gasteiger partial charge in [0.25, 0.3) is 0 Å². The second-order valence-corrected chi connectivity index (χ2v) is 4.76. The van der Waals surface area contributed by atoms with Crippen LogP contribution in [0.1, 0.15) is 0 Å². The minimum atomic E-state index is -0.470. The molecule has 2 rings (SSSR count). The monoisotopic (exact) mass is 325 g/mol. The number of nitrogen functional groups attached to an aromatic ring is 1. The molecule has 0 saturated heterocycles. The van der Waals surface area contributed by atoms with Crippen molar-refractivity contribution in [2.45, 2.75) is 0 Å². The average Bonchev–Trinajstić information content (AvgIpc) is 2.37. The van der Waals surface area contributed by atoms with Crippen LogP contribution in [0.3, 0.4) is 0 Å². The highest BCUT2D eigenvalue weighted by molar-refractivity contribution is 9.10. The molecule has 0 aliphatic rings. The van der Waals surface area contributed by atoms with Crippen molar-refractivity contribution in [3.63, 3.8) is 0 Å². The topological polar surface area (TPSA) is 44.5 Å². The predicted molar refractivity (Wildman–Crippen MR) is 75.9 cm³/mol. The molecule has 2 aromatic carbocycles. The van der Waals surface area contributed by atoms with E-state index >= 15 is 0 Å². The maximum absolute atomic E-state index is 13.4. The Morgan fingerprint density at radius 2 is 1.84 bits per heavy atom. The zero-order valence-corrected chi connectivity index (χ0v) is 11.7. The van der Waals surface area contributed by atoms with Crippen LogP contribution in [0, 0.1) is 5.82 Å². The van der Waals surface area contributed by atoms with Crippen molar-refractivity contribution in [1.82, 2.24) is 0 Å². The van der Waals surface area contributed by atoms with Crippen LogP contribution in [0.25, 0.3) is 0 Å². The highest BCUT2D eigenvalue weighted by Gasteiger charge is 2.03. The van der Waals surface area contributed by atoms with Gasteiger partial charge in [-0.15, -0.1) is 0 Å². The van der Waals surface area contributed by atoms with Crippen LogP contribution in [0.2, 0.25) is 0 Å². The summed E-state index contributed by atoms with van der Waals surface area (Å²) in [4.78, 5) is 0. The molecule has 0 spiro atoms. The van der Waals surface area contributed by atoms with Gasteiger partial charge < -0.3 is 15.2 Å². The molecule has 0 aliphatic carbocycles. The molecular weight excluding hydrogens is 313 g/mol. The number of hydrogen-bond donors (Lipinski definition) is 1. The van der Waals surface area contributed by atoms with Gasteiger partial charge in [-0.05, 0) is 30.3 Å². The van der Waals surface area contributed by atoms with E-state index in [4.69, 9.17) is 15.2 Å². The maximum Gasteiger partial charge on any atom is 0.167 e. The fourth-order valence-electron chi connectivity index (χ4n) is 1.50. The van der Waals surface area contributed by atoms with Crippen molar-refractivity contribution < 1.29 is 13.9 Å². The van der Waals surface area contributed by atoms with Crippen molar-refractivity contribution in [2.24, 2.45) is 0 Å². The summed E-state index contributed by atoms with van der Waals surface area (Å²) in [5.41, 5.74) is 5.82. The summed E-state index contributed by atoms with van der Waals surface area (Å²) in [6.45, 7) is 0.591. The Morgan fingerprint density at radius 3 is 2.58 bits per heavy atom. The summed E-state index contributed by atoms with van der Waals surface area (Å²) in [6, 6.07) is 11.8. The Morgan fingerprint density at radius 1 is 1.05 bits per heavy atom. The molecule has 19 heavy (non-hydrogen) atoms. The van der Waals surface area contributed by atoms with E-state index in [1.807, 2.05) is 24.3 Å². The molecule has 0 heterocycles. The number of ether oxygens (including phenoxy) is 2. The standard InChI is InChI=1S/C14H13BrFNO2/c15-10-2-1-3-12(8-10)18-6-7-19-14-5-4-11(17)9-13(14)16/h1-5,8-9H,6-7,17H2. The van der Waals surface area contributed by atoms with E-state index in [-0.39, 0.29) is 12.4 Å². The van der Waals surface area contributed by atoms with Gasteiger partial charge in [0.2, 0.25) is 0 Å². The number of rotatable bonds is 5. The highest BCUT2D eigenvalue weighted by Crippen LogP contribution is 2.20. The quantitative estimate of drug-likeness (QED) is 0.674. The summed E-state index contributed by atoms with van der Waals surface area (Å²) in [6.07, 6.45) is 0. The first-order valence-electron chi connectivity index (χ1n) is 5.71. The zero-order chi connectivity index (χ0) is 13.7. The van der Waals surface area contributed by atoms with Crippen LogP contribution in [0.5, 0.6) is 11.5 Å². The van der Waals surface area contributed by atoms with Crippen molar-refractivity contribution >= 4 is 21.6 Å². The molecule has 0 amide bonds. The van der Waals surface area contributed by atoms with Crippen LogP contribution < -0.4 is 15.2 Å². The summed E-state index contributed by atoms with van der Waals surface area (Å²) in [5.74, 6) is 0.435. The molecule has 2 N–H and O–H groups in total. The van der Waals surface area contributed by atoms with Crippen LogP contribution in [-0.2, 0) is 0 Å². The number of halogens is 2. The van der Waals surface area contributed by atoms with Crippen LogP contribution in [-0.4, -0.2) is 13.2 Å². The van der Waals surface area contributed by atoms with E-state index in [0.717, 1.165) is 10.2 Å². The lowest BCUT2D eigenvalue weighted by molar-refractivity contribution is 0.211. The molecule has 0 fully saturated rings. The van der Waals surface area contributed by atoms with Crippen LogP contribution >= 0.6 is 15.9 Å². The number of nitrogens with two attached hydrogens (primary N) is 1. The highest BCUT2D eigenvalue weighted by atomic mass is 79.9. The molecule has 0 aliphatic heterocycles. The average molecular weight is 326 g/mol. The molecule has 2 aromatic rings. The van der Waals surface area contributed by atoms with Gasteiger partial charge in [0, 0.05) is 16.2 Å². The van der Waals surface area contributed by atoms with E-state index in [9.17, 15) is 4.39 Å². The molecule has 0 saturated carbocycles. The Hall–Kier alpha value is -1.75. The SMILES string of the molecule is Nc1ccc(OCCOc2cccc(Br)c2)c(F)c1. The third kappa shape index (κ3) is 4.13. The summed E-state index contributed by atoms with van der Waals surface area (Å²) in [5, 5.41) is 0. The lowest BCUT2D eigenvalue weighted by atomic mass is 10.3. The van der Waals surface area contributed by atoms with E-state index in [2.05, 4.69) is 15.9 Å². The Labute approximate surface area is 119 Å². The van der Waals surface area contributed by atoms with Gasteiger partial charge in [-0.25, -0.2) is 4.39 Å². The second kappa shape index (κ2) is 6.43. The first kappa shape index (κ1) is 13.7. The number of hydrogen-bond acceptors (Lipinski definition) is 3.